The number of nitrogens with zero attached hydrogens (tertiary/aromatic N) is 1. The fourth-order valence-corrected chi connectivity index (χ4v) is 5.52. The summed E-state index contributed by atoms with van der Waals surface area (Å²) in [4.78, 5) is 28.2. The first-order valence-corrected chi connectivity index (χ1v) is 13.2. The first-order chi connectivity index (χ1) is 17.5. The first-order valence-electron chi connectivity index (χ1n) is 13.2. The van der Waals surface area contributed by atoms with Crippen molar-refractivity contribution in [2.24, 2.45) is 5.92 Å². The largest absolute Gasteiger partial charge is 0.494 e. The van der Waals surface area contributed by atoms with Gasteiger partial charge in [0, 0.05) is 6.04 Å². The topological polar surface area (TPSA) is 79.9 Å². The van der Waals surface area contributed by atoms with Crippen molar-refractivity contribution in [2.45, 2.75) is 64.1 Å². The van der Waals surface area contributed by atoms with E-state index in [0.717, 1.165) is 55.5 Å². The summed E-state index contributed by atoms with van der Waals surface area (Å²) < 4.78 is 11.3. The fraction of sp³-hybridized carbons (Fsp3) is 0.517. The van der Waals surface area contributed by atoms with Gasteiger partial charge in [-0.1, -0.05) is 38.1 Å². The SMILES string of the molecule is CCCOc1ccc(OCC(=O)NC2CCC(NC(=O)[C@@H]3CCN(C)[C@H]3CC)c3ccccc32)cc1. The van der Waals surface area contributed by atoms with E-state index in [1.54, 1.807) is 0 Å². The highest BCUT2D eigenvalue weighted by atomic mass is 16.5. The quantitative estimate of drug-likeness (QED) is 0.513. The second kappa shape index (κ2) is 12.3. The lowest BCUT2D eigenvalue weighted by Crippen LogP contribution is -2.42. The van der Waals surface area contributed by atoms with Gasteiger partial charge in [0.1, 0.15) is 11.5 Å². The molecule has 4 rings (SSSR count). The zero-order chi connectivity index (χ0) is 25.5. The minimum atomic E-state index is -0.164. The standard InChI is InChI=1S/C29H39N3O4/c1-4-18-35-20-10-12-21(13-11-20)36-19-28(33)30-25-14-15-26(23-9-7-6-8-22(23)25)31-29(34)24-16-17-32(3)27(24)5-2/h6-13,24-27H,4-5,14-19H2,1-3H3,(H,30,33)(H,31,34)/t24-,25?,26?,27+/m1/s1. The lowest BCUT2D eigenvalue weighted by Gasteiger charge is -2.33. The number of fused-ring (bicyclic) bond motifs is 1. The molecule has 2 N–H and O–H groups in total. The van der Waals surface area contributed by atoms with Crippen LogP contribution in [0.3, 0.4) is 0 Å². The van der Waals surface area contributed by atoms with Gasteiger partial charge in [0.25, 0.3) is 5.91 Å². The summed E-state index contributed by atoms with van der Waals surface area (Å²) in [6.07, 6.45) is 4.38. The molecule has 4 atom stereocenters. The molecule has 0 radical (unpaired) electrons. The molecule has 7 nitrogen and oxygen atoms in total. The maximum absolute atomic E-state index is 13.2. The average Bonchev–Trinajstić information content (AvgIpc) is 3.28. The van der Waals surface area contributed by atoms with E-state index in [1.165, 1.54) is 0 Å². The maximum Gasteiger partial charge on any atom is 0.258 e. The summed E-state index contributed by atoms with van der Waals surface area (Å²) in [6.45, 7) is 5.80. The molecule has 0 saturated carbocycles. The van der Waals surface area contributed by atoms with E-state index in [9.17, 15) is 9.59 Å². The van der Waals surface area contributed by atoms with Crippen molar-refractivity contribution in [2.75, 3.05) is 26.8 Å². The van der Waals surface area contributed by atoms with Crippen molar-refractivity contribution in [1.82, 2.24) is 15.5 Å². The molecule has 2 aromatic rings. The normalized spacial score (nSPS) is 23.5. The number of carbonyl (C=O) groups is 2. The van der Waals surface area contributed by atoms with E-state index < -0.39 is 0 Å². The van der Waals surface area contributed by atoms with Gasteiger partial charge >= 0.3 is 0 Å². The van der Waals surface area contributed by atoms with Crippen LogP contribution in [-0.4, -0.2) is 49.6 Å². The lowest BCUT2D eigenvalue weighted by atomic mass is 9.83. The van der Waals surface area contributed by atoms with Gasteiger partial charge in [-0.05, 0) is 81.1 Å². The van der Waals surface area contributed by atoms with Crippen LogP contribution in [0.1, 0.15) is 69.2 Å². The number of ether oxygens (including phenoxy) is 2. The highest BCUT2D eigenvalue weighted by Crippen LogP contribution is 2.37. The third kappa shape index (κ3) is 6.19. The highest BCUT2D eigenvalue weighted by molar-refractivity contribution is 5.80. The molecule has 1 aliphatic heterocycles. The molecule has 0 spiro atoms. The molecule has 0 aromatic heterocycles. The minimum Gasteiger partial charge on any atom is -0.494 e. The molecule has 2 unspecified atom stereocenters. The monoisotopic (exact) mass is 493 g/mol. The Morgan fingerprint density at radius 3 is 2.11 bits per heavy atom. The fourth-order valence-electron chi connectivity index (χ4n) is 5.52. The molecular weight excluding hydrogens is 454 g/mol. The van der Waals surface area contributed by atoms with Crippen LogP contribution in [0, 0.1) is 5.92 Å². The van der Waals surface area contributed by atoms with Crippen LogP contribution in [0.2, 0.25) is 0 Å². The third-order valence-electron chi connectivity index (χ3n) is 7.39. The number of nitrogens with one attached hydrogen (secondary N) is 2. The second-order valence-corrected chi connectivity index (χ2v) is 9.85. The molecule has 2 aliphatic rings. The molecule has 7 heteroatoms. The van der Waals surface area contributed by atoms with Gasteiger partial charge in [-0.3, -0.25) is 9.59 Å². The Morgan fingerprint density at radius 2 is 1.50 bits per heavy atom. The minimum absolute atomic E-state index is 0.0324. The number of likely N-dealkylation sites (tertiary alicyclic amines) is 1. The Hall–Kier alpha value is -3.06. The van der Waals surface area contributed by atoms with Crippen molar-refractivity contribution in [1.29, 1.82) is 0 Å². The highest BCUT2D eigenvalue weighted by Gasteiger charge is 2.37. The van der Waals surface area contributed by atoms with Crippen LogP contribution in [0.4, 0.5) is 0 Å². The van der Waals surface area contributed by atoms with E-state index in [1.807, 2.05) is 42.5 Å². The Labute approximate surface area is 214 Å². The molecule has 0 bridgehead atoms. The molecule has 1 heterocycles. The predicted molar refractivity (Wildman–Crippen MR) is 140 cm³/mol. The number of benzene rings is 2. The van der Waals surface area contributed by atoms with Crippen LogP contribution in [-0.2, 0) is 9.59 Å². The molecule has 1 saturated heterocycles. The number of amides is 2. The summed E-state index contributed by atoms with van der Waals surface area (Å²) >= 11 is 0. The molecule has 1 fully saturated rings. The molecule has 2 amide bonds. The molecule has 1 aliphatic carbocycles. The lowest BCUT2D eigenvalue weighted by molar-refractivity contribution is -0.127. The van der Waals surface area contributed by atoms with Crippen molar-refractivity contribution < 1.29 is 19.1 Å². The summed E-state index contributed by atoms with van der Waals surface area (Å²) in [5.41, 5.74) is 2.15. The smallest absolute Gasteiger partial charge is 0.258 e. The maximum atomic E-state index is 13.2. The van der Waals surface area contributed by atoms with Crippen molar-refractivity contribution >= 4 is 11.8 Å². The molecule has 194 valence electrons. The van der Waals surface area contributed by atoms with Crippen molar-refractivity contribution in [3.8, 4) is 11.5 Å². The van der Waals surface area contributed by atoms with Crippen LogP contribution in [0.15, 0.2) is 48.5 Å². The summed E-state index contributed by atoms with van der Waals surface area (Å²) in [7, 11) is 2.10. The van der Waals surface area contributed by atoms with Gasteiger partial charge in [-0.15, -0.1) is 0 Å². The van der Waals surface area contributed by atoms with Crippen LogP contribution < -0.4 is 20.1 Å². The van der Waals surface area contributed by atoms with E-state index in [0.29, 0.717) is 18.4 Å². The summed E-state index contributed by atoms with van der Waals surface area (Å²) in [6, 6.07) is 15.6. The zero-order valence-electron chi connectivity index (χ0n) is 21.7. The van der Waals surface area contributed by atoms with Gasteiger partial charge in [0.2, 0.25) is 5.91 Å². The summed E-state index contributed by atoms with van der Waals surface area (Å²) in [5, 5.41) is 6.45. The number of carbonyl (C=O) groups excluding carboxylic acids is 2. The Kier molecular flexibility index (Phi) is 8.86. The van der Waals surface area contributed by atoms with Gasteiger partial charge < -0.3 is 25.0 Å². The van der Waals surface area contributed by atoms with Gasteiger partial charge in [0.05, 0.1) is 24.6 Å². The van der Waals surface area contributed by atoms with E-state index >= 15 is 0 Å². The van der Waals surface area contributed by atoms with Crippen LogP contribution in [0.25, 0.3) is 0 Å². The van der Waals surface area contributed by atoms with Gasteiger partial charge in [-0.25, -0.2) is 0 Å². The Morgan fingerprint density at radius 1 is 0.889 bits per heavy atom. The van der Waals surface area contributed by atoms with Crippen LogP contribution >= 0.6 is 0 Å². The zero-order valence-corrected chi connectivity index (χ0v) is 21.7. The number of rotatable bonds is 10. The summed E-state index contributed by atoms with van der Waals surface area (Å²) in [5.74, 6) is 1.44. The predicted octanol–water partition coefficient (Wildman–Crippen LogP) is 4.39. The second-order valence-electron chi connectivity index (χ2n) is 9.85. The van der Waals surface area contributed by atoms with Crippen molar-refractivity contribution in [3.63, 3.8) is 0 Å². The Bertz CT molecular complexity index is 1030. The first kappa shape index (κ1) is 26.0. The third-order valence-corrected chi connectivity index (χ3v) is 7.39. The molecule has 2 aromatic carbocycles. The van der Waals surface area contributed by atoms with Crippen molar-refractivity contribution in [3.05, 3.63) is 59.7 Å². The Balaban J connectivity index is 1.33. The van der Waals surface area contributed by atoms with Crippen LogP contribution in [0.5, 0.6) is 11.5 Å². The van der Waals surface area contributed by atoms with E-state index in [4.69, 9.17) is 9.47 Å². The number of hydrogen-bond acceptors (Lipinski definition) is 5. The molecule has 36 heavy (non-hydrogen) atoms. The molecular formula is C29H39N3O4. The van der Waals surface area contributed by atoms with E-state index in [2.05, 4.69) is 42.5 Å². The van der Waals surface area contributed by atoms with E-state index in [-0.39, 0.29) is 36.4 Å². The van der Waals surface area contributed by atoms with Gasteiger partial charge in [-0.2, -0.15) is 0 Å². The van der Waals surface area contributed by atoms with Gasteiger partial charge in [0.15, 0.2) is 6.61 Å². The average molecular weight is 494 g/mol. The number of hydrogen-bond donors (Lipinski definition) is 2.